The third-order valence-corrected chi connectivity index (χ3v) is 8.44. The van der Waals surface area contributed by atoms with Gasteiger partial charge in [-0.2, -0.15) is 0 Å². The fourth-order valence-electron chi connectivity index (χ4n) is 5.11. The molecule has 188 valence electrons. The summed E-state index contributed by atoms with van der Waals surface area (Å²) < 4.78 is 14.3. The number of aliphatic hydroxyl groups excluding tert-OH is 1. The number of aromatic hydroxyl groups is 1. The molecule has 0 heterocycles. The van der Waals surface area contributed by atoms with Crippen LogP contribution in [0.1, 0.15) is 41.2 Å². The molecule has 0 saturated carbocycles. The van der Waals surface area contributed by atoms with Crippen molar-refractivity contribution in [3.8, 4) is 5.75 Å². The maximum atomic E-state index is 14.3. The minimum absolute atomic E-state index is 0.0849. The number of rotatable bonds is 8. The highest BCUT2D eigenvalue weighted by Crippen LogP contribution is 2.32. The normalized spacial score (nSPS) is 19.6. The molecule has 4 unspecified atom stereocenters. The van der Waals surface area contributed by atoms with Crippen LogP contribution in [-0.2, 0) is 12.8 Å². The zero-order valence-electron chi connectivity index (χ0n) is 20.7. The third-order valence-electron chi connectivity index (χ3n) is 7.06. The molecule has 2 N–H and O–H groups in total. The lowest BCUT2D eigenvalue weighted by Gasteiger charge is -2.21. The second-order valence-electron chi connectivity index (χ2n) is 9.85. The van der Waals surface area contributed by atoms with E-state index in [9.17, 15) is 14.6 Å². The molecule has 5 rings (SSSR count). The highest BCUT2D eigenvalue weighted by atomic mass is 31.1. The summed E-state index contributed by atoms with van der Waals surface area (Å²) in [6, 6.07) is 18.2. The minimum Gasteiger partial charge on any atom is -0.507 e. The Morgan fingerprint density at radius 1 is 0.811 bits per heavy atom. The first-order valence-corrected chi connectivity index (χ1v) is 13.9. The van der Waals surface area contributed by atoms with Crippen LogP contribution in [-0.4, -0.2) is 10.2 Å². The van der Waals surface area contributed by atoms with Gasteiger partial charge in [0.1, 0.15) is 17.7 Å². The van der Waals surface area contributed by atoms with Crippen LogP contribution in [0.2, 0.25) is 0 Å². The summed E-state index contributed by atoms with van der Waals surface area (Å²) in [5.74, 6) is 0.707. The quantitative estimate of drug-likeness (QED) is 0.336. The summed E-state index contributed by atoms with van der Waals surface area (Å²) in [6.45, 7) is 0. The molecule has 0 amide bonds. The van der Waals surface area contributed by atoms with Gasteiger partial charge in [0.25, 0.3) is 0 Å². The maximum Gasteiger partial charge on any atom is 0.126 e. The van der Waals surface area contributed by atoms with Crippen LogP contribution in [0.25, 0.3) is 0 Å². The van der Waals surface area contributed by atoms with Crippen molar-refractivity contribution in [3.05, 3.63) is 137 Å². The lowest BCUT2D eigenvalue weighted by atomic mass is 9.89. The molecule has 0 spiro atoms. The zero-order valence-corrected chi connectivity index (χ0v) is 21.7. The number of aliphatic hydroxyl groups is 1. The van der Waals surface area contributed by atoms with Gasteiger partial charge in [-0.15, -0.1) is 0 Å². The average Bonchev–Trinajstić information content (AvgIpc) is 2.93. The molecule has 3 aromatic carbocycles. The van der Waals surface area contributed by atoms with E-state index in [4.69, 9.17) is 0 Å². The second-order valence-corrected chi connectivity index (χ2v) is 11.2. The fraction of sp³-hybridized carbons (Fsp3) is 0.212. The van der Waals surface area contributed by atoms with Crippen molar-refractivity contribution < 1.29 is 14.6 Å². The van der Waals surface area contributed by atoms with Gasteiger partial charge in [0.05, 0.1) is 0 Å². The van der Waals surface area contributed by atoms with E-state index in [1.54, 1.807) is 6.07 Å². The van der Waals surface area contributed by atoms with E-state index in [2.05, 4.69) is 60.7 Å². The van der Waals surface area contributed by atoms with Crippen molar-refractivity contribution in [2.24, 2.45) is 11.8 Å². The first kappa shape index (κ1) is 25.4. The van der Waals surface area contributed by atoms with E-state index in [0.717, 1.165) is 41.9 Å². The predicted molar refractivity (Wildman–Crippen MR) is 153 cm³/mol. The molecular formula is C33H32FO2P. The molecule has 37 heavy (non-hydrogen) atoms. The largest absolute Gasteiger partial charge is 0.507 e. The van der Waals surface area contributed by atoms with Crippen molar-refractivity contribution in [1.82, 2.24) is 0 Å². The summed E-state index contributed by atoms with van der Waals surface area (Å²) in [5, 5.41) is 24.2. The van der Waals surface area contributed by atoms with Crippen LogP contribution in [0, 0.1) is 17.7 Å². The van der Waals surface area contributed by atoms with Crippen LogP contribution >= 0.6 is 8.58 Å². The van der Waals surface area contributed by atoms with Gasteiger partial charge in [-0.25, -0.2) is 4.39 Å². The van der Waals surface area contributed by atoms with Crippen molar-refractivity contribution in [1.29, 1.82) is 0 Å². The molecule has 0 radical (unpaired) electrons. The Hall–Kier alpha value is -3.26. The van der Waals surface area contributed by atoms with E-state index in [-0.39, 0.29) is 14.4 Å². The Balaban J connectivity index is 1.50. The molecule has 4 atom stereocenters. The number of halogens is 1. The molecular weight excluding hydrogens is 478 g/mol. The van der Waals surface area contributed by atoms with Crippen molar-refractivity contribution in [3.63, 3.8) is 0 Å². The maximum absolute atomic E-state index is 14.3. The van der Waals surface area contributed by atoms with E-state index < -0.39 is 6.10 Å². The van der Waals surface area contributed by atoms with Crippen molar-refractivity contribution in [2.75, 3.05) is 0 Å². The number of phenols is 1. The van der Waals surface area contributed by atoms with Crippen LogP contribution in [0.5, 0.6) is 5.75 Å². The molecule has 2 nitrogen and oxygen atoms in total. The molecule has 3 aromatic rings. The summed E-state index contributed by atoms with van der Waals surface area (Å²) in [5.41, 5.74) is 3.40. The number of benzene rings is 3. The number of hydrogen-bond acceptors (Lipinski definition) is 2. The zero-order chi connectivity index (χ0) is 25.6. The van der Waals surface area contributed by atoms with Crippen LogP contribution in [0.3, 0.4) is 0 Å². The summed E-state index contributed by atoms with van der Waals surface area (Å²) >= 11 is 0. The monoisotopic (exact) mass is 510 g/mol. The van der Waals surface area contributed by atoms with Crippen LogP contribution in [0.4, 0.5) is 4.39 Å². The molecule has 2 aliphatic carbocycles. The predicted octanol–water partition coefficient (Wildman–Crippen LogP) is 6.59. The Kier molecular flexibility index (Phi) is 8.14. The number of allylic oxidation sites excluding steroid dienone is 8. The first-order chi connectivity index (χ1) is 18.1. The van der Waals surface area contributed by atoms with Crippen LogP contribution < -0.4 is 10.6 Å². The Labute approximate surface area is 220 Å². The molecule has 0 fully saturated rings. The third kappa shape index (κ3) is 6.36. The topological polar surface area (TPSA) is 40.5 Å². The minimum atomic E-state index is -0.942. The van der Waals surface area contributed by atoms with E-state index in [1.165, 1.54) is 17.7 Å². The fourth-order valence-corrected chi connectivity index (χ4v) is 6.46. The first-order valence-electron chi connectivity index (χ1n) is 12.9. The molecule has 0 saturated heterocycles. The van der Waals surface area contributed by atoms with E-state index in [0.29, 0.717) is 28.7 Å². The van der Waals surface area contributed by atoms with Gasteiger partial charge in [0.2, 0.25) is 0 Å². The van der Waals surface area contributed by atoms with E-state index in [1.807, 2.05) is 30.3 Å². The van der Waals surface area contributed by atoms with Gasteiger partial charge in [0.15, 0.2) is 0 Å². The Morgan fingerprint density at radius 3 is 2.19 bits per heavy atom. The highest BCUT2D eigenvalue weighted by molar-refractivity contribution is 7.55. The number of phenolic OH excluding ortho intramolecular Hbond substituents is 1. The van der Waals surface area contributed by atoms with Crippen molar-refractivity contribution in [2.45, 2.75) is 31.8 Å². The molecule has 0 aromatic heterocycles. The summed E-state index contributed by atoms with van der Waals surface area (Å²) in [6.07, 6.45) is 19.8. The Morgan fingerprint density at radius 2 is 1.51 bits per heavy atom. The Bertz CT molecular complexity index is 1360. The lowest BCUT2D eigenvalue weighted by molar-refractivity contribution is 0.221. The number of hydrogen-bond donors (Lipinski definition) is 2. The summed E-state index contributed by atoms with van der Waals surface area (Å²) in [7, 11) is 0.0849. The molecule has 4 heteroatoms. The molecule has 0 bridgehead atoms. The van der Waals surface area contributed by atoms with Gasteiger partial charge in [0, 0.05) is 5.30 Å². The highest BCUT2D eigenvalue weighted by Gasteiger charge is 2.20. The molecule has 2 aliphatic rings. The van der Waals surface area contributed by atoms with Gasteiger partial charge in [-0.3, -0.25) is 0 Å². The van der Waals surface area contributed by atoms with Crippen LogP contribution in [0.15, 0.2) is 109 Å². The van der Waals surface area contributed by atoms with E-state index >= 15 is 0 Å². The van der Waals surface area contributed by atoms with Gasteiger partial charge >= 0.3 is 0 Å². The van der Waals surface area contributed by atoms with Gasteiger partial charge < -0.3 is 10.2 Å². The van der Waals surface area contributed by atoms with Gasteiger partial charge in [-0.1, -0.05) is 99.7 Å². The summed E-state index contributed by atoms with van der Waals surface area (Å²) in [4.78, 5) is 0. The van der Waals surface area contributed by atoms with Gasteiger partial charge in [-0.05, 0) is 83.3 Å². The lowest BCUT2D eigenvalue weighted by Crippen LogP contribution is -2.16. The molecule has 0 aliphatic heterocycles. The SMILES string of the molecule is Oc1c(CC2C=CC=CC2)cc(CC2C=CC=CC2)cc1Pc1ccc(F)cc1C(O)c1ccccc1. The second kappa shape index (κ2) is 11.9. The standard InChI is InChI=1S/C33H32FO2P/c34-28-16-17-30(29(22-28)32(35)26-14-8-3-9-15-26)37-31-21-25(18-23-10-4-1-5-11-23)20-27(33(31)36)19-24-12-6-2-7-13-24/h1-10,12,14-17,20-24,32,35-37H,11,13,18-19H2. The van der Waals surface area contributed by atoms with Crippen molar-refractivity contribution >= 4 is 19.2 Å². The smallest absolute Gasteiger partial charge is 0.126 e. The average molecular weight is 511 g/mol.